The Labute approximate surface area is 130 Å². The minimum absolute atomic E-state index is 0.0656. The zero-order chi connectivity index (χ0) is 15.9. The fourth-order valence-corrected chi connectivity index (χ4v) is 2.30. The molecular weight excluding hydrogens is 280 g/mol. The van der Waals surface area contributed by atoms with E-state index >= 15 is 0 Å². The van der Waals surface area contributed by atoms with Crippen molar-refractivity contribution >= 4 is 11.7 Å². The number of nitrogens with zero attached hydrogens (tertiary/aromatic N) is 2. The molecule has 0 unspecified atom stereocenters. The van der Waals surface area contributed by atoms with E-state index in [1.54, 1.807) is 29.2 Å². The van der Waals surface area contributed by atoms with Crippen LogP contribution in [0.3, 0.4) is 0 Å². The lowest BCUT2D eigenvalue weighted by atomic mass is 10.1. The SMILES string of the molecule is CCOc1ccc(C(=O)CCC(=O)N(CC#N)C2CC2)cc1. The molecule has 0 heterocycles. The van der Waals surface area contributed by atoms with Crippen molar-refractivity contribution in [2.75, 3.05) is 13.2 Å². The molecule has 0 aromatic heterocycles. The number of ketones is 1. The van der Waals surface area contributed by atoms with Crippen molar-refractivity contribution in [2.24, 2.45) is 0 Å². The monoisotopic (exact) mass is 300 g/mol. The summed E-state index contributed by atoms with van der Waals surface area (Å²) >= 11 is 0. The summed E-state index contributed by atoms with van der Waals surface area (Å²) in [5.74, 6) is 0.552. The van der Waals surface area contributed by atoms with Crippen LogP contribution in [0.1, 0.15) is 43.0 Å². The first-order chi connectivity index (χ1) is 10.7. The highest BCUT2D eigenvalue weighted by molar-refractivity contribution is 5.98. The molecule has 0 N–H and O–H groups in total. The Bertz CT molecular complexity index is 571. The van der Waals surface area contributed by atoms with Crippen LogP contribution in [0.2, 0.25) is 0 Å². The van der Waals surface area contributed by atoms with Crippen molar-refractivity contribution in [2.45, 2.75) is 38.6 Å². The molecule has 1 fully saturated rings. The van der Waals surface area contributed by atoms with E-state index in [2.05, 4.69) is 0 Å². The molecule has 5 heteroatoms. The zero-order valence-corrected chi connectivity index (χ0v) is 12.7. The predicted molar refractivity (Wildman–Crippen MR) is 81.5 cm³/mol. The van der Waals surface area contributed by atoms with Crippen molar-refractivity contribution in [1.82, 2.24) is 4.90 Å². The molecule has 1 saturated carbocycles. The lowest BCUT2D eigenvalue weighted by molar-refractivity contribution is -0.131. The van der Waals surface area contributed by atoms with Gasteiger partial charge in [0.25, 0.3) is 0 Å². The standard InChI is InChI=1S/C17H20N2O3/c1-2-22-15-7-3-13(4-8-15)16(20)9-10-17(21)19(12-11-18)14-5-6-14/h3-4,7-8,14H,2,5-6,9-10,12H2,1H3. The second-order valence-electron chi connectivity index (χ2n) is 5.29. The van der Waals surface area contributed by atoms with Gasteiger partial charge in [-0.15, -0.1) is 0 Å². The first-order valence-corrected chi connectivity index (χ1v) is 7.58. The minimum Gasteiger partial charge on any atom is -0.494 e. The van der Waals surface area contributed by atoms with Crippen LogP contribution in [0, 0.1) is 11.3 Å². The highest BCUT2D eigenvalue weighted by atomic mass is 16.5. The van der Waals surface area contributed by atoms with Crippen LogP contribution < -0.4 is 4.74 Å². The lowest BCUT2D eigenvalue weighted by Crippen LogP contribution is -2.33. The summed E-state index contributed by atoms with van der Waals surface area (Å²) in [4.78, 5) is 25.8. The number of carbonyl (C=O) groups is 2. The summed E-state index contributed by atoms with van der Waals surface area (Å²) in [6, 6.07) is 9.15. The molecule has 1 aromatic rings. The van der Waals surface area contributed by atoms with E-state index in [-0.39, 0.29) is 37.1 Å². The molecule has 22 heavy (non-hydrogen) atoms. The van der Waals surface area contributed by atoms with Crippen molar-refractivity contribution in [3.8, 4) is 11.8 Å². The maximum atomic E-state index is 12.1. The van der Waals surface area contributed by atoms with Gasteiger partial charge < -0.3 is 9.64 Å². The molecule has 2 rings (SSSR count). The van der Waals surface area contributed by atoms with Gasteiger partial charge in [-0.25, -0.2) is 0 Å². The van der Waals surface area contributed by atoms with E-state index in [4.69, 9.17) is 10.00 Å². The largest absolute Gasteiger partial charge is 0.494 e. The molecule has 5 nitrogen and oxygen atoms in total. The highest BCUT2D eigenvalue weighted by Crippen LogP contribution is 2.27. The molecule has 1 amide bonds. The molecule has 0 bridgehead atoms. The van der Waals surface area contributed by atoms with E-state index in [0.717, 1.165) is 18.6 Å². The van der Waals surface area contributed by atoms with Gasteiger partial charge in [-0.1, -0.05) is 0 Å². The Morgan fingerprint density at radius 1 is 1.27 bits per heavy atom. The second kappa shape index (κ2) is 7.60. The summed E-state index contributed by atoms with van der Waals surface area (Å²) in [7, 11) is 0. The molecule has 116 valence electrons. The summed E-state index contributed by atoms with van der Waals surface area (Å²) in [6.07, 6.45) is 2.24. The first-order valence-electron chi connectivity index (χ1n) is 7.58. The van der Waals surface area contributed by atoms with Gasteiger partial charge in [-0.2, -0.15) is 5.26 Å². The van der Waals surface area contributed by atoms with Gasteiger partial charge in [0.05, 0.1) is 12.7 Å². The van der Waals surface area contributed by atoms with Crippen LogP contribution >= 0.6 is 0 Å². The zero-order valence-electron chi connectivity index (χ0n) is 12.7. The predicted octanol–water partition coefficient (Wildman–Crippen LogP) is 2.56. The number of carbonyl (C=O) groups excluding carboxylic acids is 2. The number of amides is 1. The van der Waals surface area contributed by atoms with Crippen molar-refractivity contribution in [1.29, 1.82) is 5.26 Å². The van der Waals surface area contributed by atoms with E-state index in [9.17, 15) is 9.59 Å². The Kier molecular flexibility index (Phi) is 5.54. The number of benzene rings is 1. The van der Waals surface area contributed by atoms with Gasteiger partial charge in [0, 0.05) is 24.4 Å². The van der Waals surface area contributed by atoms with Crippen LogP contribution in [0.15, 0.2) is 24.3 Å². The molecule has 0 aliphatic heterocycles. The molecule has 1 aliphatic rings. The maximum Gasteiger partial charge on any atom is 0.224 e. The number of nitriles is 1. The third-order valence-corrected chi connectivity index (χ3v) is 3.60. The summed E-state index contributed by atoms with van der Waals surface area (Å²) < 4.78 is 5.33. The summed E-state index contributed by atoms with van der Waals surface area (Å²) in [5, 5.41) is 8.76. The third kappa shape index (κ3) is 4.32. The number of rotatable bonds is 8. The average Bonchev–Trinajstić information content (AvgIpc) is 3.35. The van der Waals surface area contributed by atoms with Gasteiger partial charge in [-0.3, -0.25) is 9.59 Å². The molecule has 1 aromatic carbocycles. The number of Topliss-reactive ketones (excluding diaryl/α,β-unsaturated/α-hetero) is 1. The normalized spacial score (nSPS) is 13.3. The van der Waals surface area contributed by atoms with E-state index in [1.807, 2.05) is 13.0 Å². The molecule has 0 saturated heterocycles. The van der Waals surface area contributed by atoms with Crippen molar-refractivity contribution in [3.63, 3.8) is 0 Å². The number of hydrogen-bond donors (Lipinski definition) is 0. The van der Waals surface area contributed by atoms with E-state index < -0.39 is 0 Å². The fourth-order valence-electron chi connectivity index (χ4n) is 2.30. The Balaban J connectivity index is 1.86. The number of ether oxygens (including phenoxy) is 1. The van der Waals surface area contributed by atoms with Gasteiger partial charge in [-0.05, 0) is 44.0 Å². The Morgan fingerprint density at radius 2 is 1.95 bits per heavy atom. The first kappa shape index (κ1) is 16.0. The summed E-state index contributed by atoms with van der Waals surface area (Å²) in [6.45, 7) is 2.59. The lowest BCUT2D eigenvalue weighted by Gasteiger charge is -2.18. The number of hydrogen-bond acceptors (Lipinski definition) is 4. The van der Waals surface area contributed by atoms with Gasteiger partial charge in [0.2, 0.25) is 5.91 Å². The minimum atomic E-state index is -0.108. The van der Waals surface area contributed by atoms with Gasteiger partial charge in [0.15, 0.2) is 5.78 Å². The topological polar surface area (TPSA) is 70.4 Å². The summed E-state index contributed by atoms with van der Waals surface area (Å²) in [5.41, 5.74) is 0.578. The van der Waals surface area contributed by atoms with E-state index in [1.165, 1.54) is 0 Å². The molecular formula is C17H20N2O3. The Morgan fingerprint density at radius 3 is 2.50 bits per heavy atom. The van der Waals surface area contributed by atoms with Crippen LogP contribution in [0.25, 0.3) is 0 Å². The Hall–Kier alpha value is -2.35. The molecule has 0 atom stereocenters. The molecule has 1 aliphatic carbocycles. The highest BCUT2D eigenvalue weighted by Gasteiger charge is 2.32. The molecule has 0 radical (unpaired) electrons. The van der Waals surface area contributed by atoms with Crippen LogP contribution in [0.5, 0.6) is 5.75 Å². The van der Waals surface area contributed by atoms with Crippen LogP contribution in [-0.2, 0) is 4.79 Å². The van der Waals surface area contributed by atoms with Gasteiger partial charge in [0.1, 0.15) is 12.3 Å². The van der Waals surface area contributed by atoms with Crippen molar-refractivity contribution < 1.29 is 14.3 Å². The van der Waals surface area contributed by atoms with Crippen molar-refractivity contribution in [3.05, 3.63) is 29.8 Å². The fraction of sp³-hybridized carbons (Fsp3) is 0.471. The third-order valence-electron chi connectivity index (χ3n) is 3.60. The average molecular weight is 300 g/mol. The second-order valence-corrected chi connectivity index (χ2v) is 5.29. The van der Waals surface area contributed by atoms with Crippen LogP contribution in [0.4, 0.5) is 0 Å². The smallest absolute Gasteiger partial charge is 0.224 e. The van der Waals surface area contributed by atoms with Gasteiger partial charge >= 0.3 is 0 Å². The van der Waals surface area contributed by atoms with E-state index in [0.29, 0.717) is 12.2 Å². The molecule has 0 spiro atoms. The van der Waals surface area contributed by atoms with Crippen LogP contribution in [-0.4, -0.2) is 35.8 Å². The maximum absolute atomic E-state index is 12.1. The quantitative estimate of drug-likeness (QED) is 0.546.